The molecule has 3 N–H and O–H groups in total. The number of halogens is 1. The van der Waals surface area contributed by atoms with Gasteiger partial charge in [-0.25, -0.2) is 13.4 Å². The molecule has 0 amide bonds. The third kappa shape index (κ3) is 3.33. The van der Waals surface area contributed by atoms with Gasteiger partial charge in [-0.15, -0.1) is 11.3 Å². The van der Waals surface area contributed by atoms with Gasteiger partial charge in [-0.3, -0.25) is 4.72 Å². The van der Waals surface area contributed by atoms with Crippen LogP contribution in [0.4, 0.5) is 5.82 Å². The van der Waals surface area contributed by atoms with Crippen LogP contribution in [0.1, 0.15) is 11.3 Å². The summed E-state index contributed by atoms with van der Waals surface area (Å²) in [6, 6.07) is 4.92. The van der Waals surface area contributed by atoms with E-state index in [1.807, 2.05) is 0 Å². The Morgan fingerprint density at radius 3 is 2.79 bits per heavy atom. The summed E-state index contributed by atoms with van der Waals surface area (Å²) in [5.74, 6) is 0.295. The number of rotatable bonds is 4. The molecule has 0 bridgehead atoms. The van der Waals surface area contributed by atoms with E-state index in [1.54, 1.807) is 30.5 Å². The Balaban J connectivity index is 2.28. The largest absolute Gasteiger partial charge is 0.326 e. The lowest BCUT2D eigenvalue weighted by molar-refractivity contribution is 0.603. The van der Waals surface area contributed by atoms with Gasteiger partial charge in [-0.2, -0.15) is 0 Å². The first-order chi connectivity index (χ1) is 8.92. The van der Waals surface area contributed by atoms with Crippen molar-refractivity contribution >= 4 is 43.1 Å². The average Bonchev–Trinajstić information content (AvgIpc) is 2.83. The van der Waals surface area contributed by atoms with Crippen molar-refractivity contribution in [2.75, 3.05) is 4.72 Å². The Bertz CT molecular complexity index is 698. The molecule has 0 radical (unpaired) electrons. The number of sulfonamides is 1. The summed E-state index contributed by atoms with van der Waals surface area (Å²) in [7, 11) is -3.60. The molecule has 0 spiro atoms. The lowest BCUT2D eigenvalue weighted by Gasteiger charge is -2.06. The summed E-state index contributed by atoms with van der Waals surface area (Å²) >= 11 is 4.46. The highest BCUT2D eigenvalue weighted by Gasteiger charge is 2.17. The molecule has 8 heteroatoms. The molecular weight excluding hydrogens is 350 g/mol. The minimum atomic E-state index is -3.60. The second kappa shape index (κ2) is 5.58. The van der Waals surface area contributed by atoms with Crippen LogP contribution < -0.4 is 10.5 Å². The molecule has 0 saturated heterocycles. The van der Waals surface area contributed by atoms with Crippen molar-refractivity contribution in [2.24, 2.45) is 5.73 Å². The first kappa shape index (κ1) is 14.4. The number of nitrogens with one attached hydrogen (secondary N) is 1. The van der Waals surface area contributed by atoms with E-state index in [-0.39, 0.29) is 4.21 Å². The molecule has 0 unspecified atom stereocenters. The van der Waals surface area contributed by atoms with E-state index in [0.717, 1.165) is 21.4 Å². The molecule has 0 saturated carbocycles. The molecule has 2 aromatic rings. The molecular formula is C11H12BrN3O2S2. The first-order valence-electron chi connectivity index (χ1n) is 5.36. The number of pyridine rings is 1. The maximum absolute atomic E-state index is 12.1. The number of nitrogens with zero attached hydrogens (tertiary/aromatic N) is 1. The third-order valence-corrected chi connectivity index (χ3v) is 6.07. The number of thiophene rings is 1. The van der Waals surface area contributed by atoms with Crippen LogP contribution in [0.25, 0.3) is 0 Å². The van der Waals surface area contributed by atoms with E-state index in [1.165, 1.54) is 0 Å². The highest BCUT2D eigenvalue weighted by Crippen LogP contribution is 2.23. The van der Waals surface area contributed by atoms with Crippen LogP contribution in [0.15, 0.2) is 32.3 Å². The van der Waals surface area contributed by atoms with Crippen LogP contribution in [0.2, 0.25) is 0 Å². The van der Waals surface area contributed by atoms with Crippen molar-refractivity contribution in [3.05, 3.63) is 39.3 Å². The fraction of sp³-hybridized carbons (Fsp3) is 0.182. The quantitative estimate of drug-likeness (QED) is 0.875. The SMILES string of the molecule is Cc1nc(NS(=O)(=O)c2cc(CN)cs2)ccc1Br. The Kier molecular flexibility index (Phi) is 4.24. The second-order valence-corrected chi connectivity index (χ2v) is 7.52. The Morgan fingerprint density at radius 1 is 1.47 bits per heavy atom. The van der Waals surface area contributed by atoms with Crippen LogP contribution in [0.3, 0.4) is 0 Å². The smallest absolute Gasteiger partial charge is 0.272 e. The number of nitrogens with two attached hydrogens (primary N) is 1. The predicted octanol–water partition coefficient (Wildman–Crippen LogP) is 2.47. The number of aromatic nitrogens is 1. The highest BCUT2D eigenvalue weighted by molar-refractivity contribution is 9.10. The normalized spacial score (nSPS) is 11.5. The lowest BCUT2D eigenvalue weighted by Crippen LogP contribution is -2.13. The fourth-order valence-corrected chi connectivity index (χ4v) is 3.83. The first-order valence-corrected chi connectivity index (χ1v) is 8.51. The molecule has 2 aromatic heterocycles. The van der Waals surface area contributed by atoms with Crippen molar-refractivity contribution < 1.29 is 8.42 Å². The molecule has 5 nitrogen and oxygen atoms in total. The summed E-state index contributed by atoms with van der Waals surface area (Å²) in [5, 5.41) is 1.73. The van der Waals surface area contributed by atoms with E-state index >= 15 is 0 Å². The monoisotopic (exact) mass is 361 g/mol. The Hall–Kier alpha value is -0.960. The third-order valence-electron chi connectivity index (χ3n) is 2.39. The zero-order valence-corrected chi connectivity index (χ0v) is 13.3. The van der Waals surface area contributed by atoms with Gasteiger partial charge < -0.3 is 5.73 Å². The summed E-state index contributed by atoms with van der Waals surface area (Å²) in [6.07, 6.45) is 0. The van der Waals surface area contributed by atoms with E-state index in [9.17, 15) is 8.42 Å². The van der Waals surface area contributed by atoms with E-state index < -0.39 is 10.0 Å². The van der Waals surface area contributed by atoms with E-state index in [0.29, 0.717) is 18.1 Å². The van der Waals surface area contributed by atoms with Crippen molar-refractivity contribution in [3.8, 4) is 0 Å². The fourth-order valence-electron chi connectivity index (χ4n) is 1.39. The maximum Gasteiger partial charge on any atom is 0.272 e. The number of hydrogen-bond acceptors (Lipinski definition) is 5. The lowest BCUT2D eigenvalue weighted by atomic mass is 10.4. The van der Waals surface area contributed by atoms with Gasteiger partial charge in [0.1, 0.15) is 10.0 Å². The molecule has 0 atom stereocenters. The zero-order chi connectivity index (χ0) is 14.0. The van der Waals surface area contributed by atoms with Gasteiger partial charge in [0.05, 0.1) is 5.69 Å². The molecule has 2 rings (SSSR count). The summed E-state index contributed by atoms with van der Waals surface area (Å²) in [5.41, 5.74) is 6.98. The van der Waals surface area contributed by atoms with Crippen LogP contribution in [-0.4, -0.2) is 13.4 Å². The maximum atomic E-state index is 12.1. The minimum Gasteiger partial charge on any atom is -0.326 e. The van der Waals surface area contributed by atoms with Gasteiger partial charge in [-0.05, 0) is 52.0 Å². The van der Waals surface area contributed by atoms with Gasteiger partial charge in [0.25, 0.3) is 10.0 Å². The topological polar surface area (TPSA) is 85.1 Å². The standard InChI is InChI=1S/C11H12BrN3O2S2/c1-7-9(12)2-3-10(14-7)15-19(16,17)11-4-8(5-13)6-18-11/h2-4,6H,5,13H2,1H3,(H,14,15). The van der Waals surface area contributed by atoms with Crippen LogP contribution >= 0.6 is 27.3 Å². The Labute approximate surface area is 124 Å². The summed E-state index contributed by atoms with van der Waals surface area (Å²) in [6.45, 7) is 2.11. The molecule has 0 aromatic carbocycles. The van der Waals surface area contributed by atoms with Crippen LogP contribution in [0.5, 0.6) is 0 Å². The molecule has 0 aliphatic heterocycles. The van der Waals surface area contributed by atoms with Crippen molar-refractivity contribution in [2.45, 2.75) is 17.7 Å². The molecule has 19 heavy (non-hydrogen) atoms. The Morgan fingerprint density at radius 2 is 2.21 bits per heavy atom. The van der Waals surface area contributed by atoms with Gasteiger partial charge in [0.2, 0.25) is 0 Å². The van der Waals surface area contributed by atoms with E-state index in [2.05, 4.69) is 25.6 Å². The molecule has 102 valence electrons. The number of aryl methyl sites for hydroxylation is 1. The molecule has 0 aliphatic carbocycles. The van der Waals surface area contributed by atoms with Gasteiger partial charge in [0.15, 0.2) is 0 Å². The van der Waals surface area contributed by atoms with Crippen molar-refractivity contribution in [3.63, 3.8) is 0 Å². The van der Waals surface area contributed by atoms with E-state index in [4.69, 9.17) is 5.73 Å². The van der Waals surface area contributed by atoms with Crippen LogP contribution in [0, 0.1) is 6.92 Å². The minimum absolute atomic E-state index is 0.232. The highest BCUT2D eigenvalue weighted by atomic mass is 79.9. The predicted molar refractivity (Wildman–Crippen MR) is 79.7 cm³/mol. The van der Waals surface area contributed by atoms with Crippen LogP contribution in [-0.2, 0) is 16.6 Å². The molecule has 0 fully saturated rings. The summed E-state index contributed by atoms with van der Waals surface area (Å²) < 4.78 is 27.8. The summed E-state index contributed by atoms with van der Waals surface area (Å²) in [4.78, 5) is 4.15. The molecule has 0 aliphatic rings. The van der Waals surface area contributed by atoms with Gasteiger partial charge >= 0.3 is 0 Å². The van der Waals surface area contributed by atoms with Crippen molar-refractivity contribution in [1.29, 1.82) is 0 Å². The average molecular weight is 362 g/mol. The van der Waals surface area contributed by atoms with Gasteiger partial charge in [-0.1, -0.05) is 0 Å². The molecule has 2 heterocycles. The number of hydrogen-bond donors (Lipinski definition) is 2. The number of anilines is 1. The van der Waals surface area contributed by atoms with Crippen molar-refractivity contribution in [1.82, 2.24) is 4.98 Å². The zero-order valence-electron chi connectivity index (χ0n) is 10.1. The second-order valence-electron chi connectivity index (χ2n) is 3.85. The van der Waals surface area contributed by atoms with Gasteiger partial charge in [0, 0.05) is 11.0 Å².